The SMILES string of the molecule is O=C(CC1=CCCCC1)Nc1ccc(Cl)nn1. The number of carbonyl (C=O) groups excluding carboxylic acids is 1. The third-order valence-electron chi connectivity index (χ3n) is 2.67. The van der Waals surface area contributed by atoms with Gasteiger partial charge in [0.1, 0.15) is 0 Å². The molecular weight excluding hydrogens is 238 g/mol. The lowest BCUT2D eigenvalue weighted by Gasteiger charge is -2.12. The largest absolute Gasteiger partial charge is 0.309 e. The smallest absolute Gasteiger partial charge is 0.229 e. The van der Waals surface area contributed by atoms with E-state index in [0.717, 1.165) is 12.8 Å². The summed E-state index contributed by atoms with van der Waals surface area (Å²) in [5.41, 5.74) is 1.22. The number of nitrogens with zero attached hydrogens (tertiary/aromatic N) is 2. The van der Waals surface area contributed by atoms with Crippen molar-refractivity contribution in [1.82, 2.24) is 10.2 Å². The van der Waals surface area contributed by atoms with Crippen LogP contribution in [0.4, 0.5) is 5.82 Å². The summed E-state index contributed by atoms with van der Waals surface area (Å²) in [6, 6.07) is 3.24. The maximum atomic E-state index is 11.7. The Morgan fingerprint density at radius 2 is 2.24 bits per heavy atom. The molecule has 5 heteroatoms. The average molecular weight is 252 g/mol. The third kappa shape index (κ3) is 3.82. The molecule has 0 atom stereocenters. The molecule has 0 radical (unpaired) electrons. The van der Waals surface area contributed by atoms with Crippen molar-refractivity contribution in [3.63, 3.8) is 0 Å². The Kier molecular flexibility index (Phi) is 4.09. The number of aromatic nitrogens is 2. The van der Waals surface area contributed by atoms with E-state index in [1.165, 1.54) is 18.4 Å². The van der Waals surface area contributed by atoms with Gasteiger partial charge < -0.3 is 5.32 Å². The maximum absolute atomic E-state index is 11.7. The highest BCUT2D eigenvalue weighted by Gasteiger charge is 2.09. The van der Waals surface area contributed by atoms with Gasteiger partial charge in [0.2, 0.25) is 5.91 Å². The number of anilines is 1. The molecule has 0 saturated heterocycles. The number of allylic oxidation sites excluding steroid dienone is 1. The van der Waals surface area contributed by atoms with E-state index in [2.05, 4.69) is 21.6 Å². The van der Waals surface area contributed by atoms with Crippen molar-refractivity contribution in [2.45, 2.75) is 32.1 Å². The van der Waals surface area contributed by atoms with Gasteiger partial charge in [0.25, 0.3) is 0 Å². The molecular formula is C12H14ClN3O. The summed E-state index contributed by atoms with van der Waals surface area (Å²) in [5.74, 6) is 0.394. The summed E-state index contributed by atoms with van der Waals surface area (Å²) < 4.78 is 0. The van der Waals surface area contributed by atoms with Crippen molar-refractivity contribution >= 4 is 23.3 Å². The standard InChI is InChI=1S/C12H14ClN3O/c13-10-6-7-11(16-15-10)14-12(17)8-9-4-2-1-3-5-9/h4,6-7H,1-3,5,8H2,(H,14,16,17). The molecule has 17 heavy (non-hydrogen) atoms. The second-order valence-corrected chi connectivity index (χ2v) is 4.46. The predicted octanol–water partition coefficient (Wildman–Crippen LogP) is 2.96. The van der Waals surface area contributed by atoms with E-state index in [4.69, 9.17) is 11.6 Å². The first-order chi connectivity index (χ1) is 8.24. The van der Waals surface area contributed by atoms with Gasteiger partial charge in [-0.3, -0.25) is 4.79 Å². The van der Waals surface area contributed by atoms with E-state index in [9.17, 15) is 4.79 Å². The summed E-state index contributed by atoms with van der Waals surface area (Å²) in [6.07, 6.45) is 7.14. The van der Waals surface area contributed by atoms with E-state index < -0.39 is 0 Å². The van der Waals surface area contributed by atoms with Gasteiger partial charge in [-0.15, -0.1) is 10.2 Å². The number of carbonyl (C=O) groups is 1. The molecule has 1 heterocycles. The number of amides is 1. The van der Waals surface area contributed by atoms with Crippen LogP contribution in [-0.2, 0) is 4.79 Å². The van der Waals surface area contributed by atoms with Crippen LogP contribution >= 0.6 is 11.6 Å². The Balaban J connectivity index is 1.88. The summed E-state index contributed by atoms with van der Waals surface area (Å²) in [5, 5.41) is 10.5. The molecule has 0 unspecified atom stereocenters. The van der Waals surface area contributed by atoms with Gasteiger partial charge >= 0.3 is 0 Å². The summed E-state index contributed by atoms with van der Waals surface area (Å²) >= 11 is 5.61. The third-order valence-corrected chi connectivity index (χ3v) is 2.87. The number of nitrogens with one attached hydrogen (secondary N) is 1. The van der Waals surface area contributed by atoms with Crippen LogP contribution in [0.2, 0.25) is 5.15 Å². The fourth-order valence-electron chi connectivity index (χ4n) is 1.84. The molecule has 0 spiro atoms. The summed E-state index contributed by atoms with van der Waals surface area (Å²) in [6.45, 7) is 0. The zero-order chi connectivity index (χ0) is 12.1. The molecule has 0 aromatic carbocycles. The van der Waals surface area contributed by atoms with Gasteiger partial charge in [-0.1, -0.05) is 23.3 Å². The molecule has 1 amide bonds. The van der Waals surface area contributed by atoms with Crippen molar-refractivity contribution in [2.75, 3.05) is 5.32 Å². The van der Waals surface area contributed by atoms with Crippen LogP contribution in [0.15, 0.2) is 23.8 Å². The minimum atomic E-state index is -0.0465. The quantitative estimate of drug-likeness (QED) is 0.841. The van der Waals surface area contributed by atoms with Crippen molar-refractivity contribution in [2.24, 2.45) is 0 Å². The molecule has 1 aromatic heterocycles. The molecule has 1 N–H and O–H groups in total. The van der Waals surface area contributed by atoms with Crippen LogP contribution in [0.3, 0.4) is 0 Å². The number of hydrogen-bond donors (Lipinski definition) is 1. The molecule has 1 aromatic rings. The van der Waals surface area contributed by atoms with Crippen LogP contribution in [0.5, 0.6) is 0 Å². The average Bonchev–Trinajstić information content (AvgIpc) is 2.33. The van der Waals surface area contributed by atoms with Crippen molar-refractivity contribution in [3.05, 3.63) is 28.9 Å². The molecule has 1 aliphatic carbocycles. The minimum absolute atomic E-state index is 0.0465. The molecule has 1 aliphatic rings. The first-order valence-electron chi connectivity index (χ1n) is 5.71. The van der Waals surface area contributed by atoms with Gasteiger partial charge in [-0.05, 0) is 37.8 Å². The molecule has 0 bridgehead atoms. The fraction of sp³-hybridized carbons (Fsp3) is 0.417. The van der Waals surface area contributed by atoms with Crippen LogP contribution < -0.4 is 5.32 Å². The summed E-state index contributed by atoms with van der Waals surface area (Å²) in [7, 11) is 0. The summed E-state index contributed by atoms with van der Waals surface area (Å²) in [4.78, 5) is 11.7. The van der Waals surface area contributed by atoms with Crippen LogP contribution in [0, 0.1) is 0 Å². The van der Waals surface area contributed by atoms with Crippen LogP contribution in [0.1, 0.15) is 32.1 Å². The van der Waals surface area contributed by atoms with E-state index in [1.54, 1.807) is 12.1 Å². The first-order valence-corrected chi connectivity index (χ1v) is 6.09. The fourth-order valence-corrected chi connectivity index (χ4v) is 1.94. The molecule has 0 saturated carbocycles. The Bertz CT molecular complexity index is 428. The lowest BCUT2D eigenvalue weighted by atomic mass is 9.97. The van der Waals surface area contributed by atoms with Gasteiger partial charge in [0.05, 0.1) is 0 Å². The number of rotatable bonds is 3. The molecule has 2 rings (SSSR count). The first kappa shape index (κ1) is 12.0. The van der Waals surface area contributed by atoms with E-state index in [-0.39, 0.29) is 5.91 Å². The van der Waals surface area contributed by atoms with Crippen LogP contribution in [0.25, 0.3) is 0 Å². The van der Waals surface area contributed by atoms with Crippen molar-refractivity contribution in [1.29, 1.82) is 0 Å². The molecule has 4 nitrogen and oxygen atoms in total. The highest BCUT2D eigenvalue weighted by atomic mass is 35.5. The minimum Gasteiger partial charge on any atom is -0.309 e. The second-order valence-electron chi connectivity index (χ2n) is 4.07. The van der Waals surface area contributed by atoms with Gasteiger partial charge in [-0.2, -0.15) is 0 Å². The monoisotopic (exact) mass is 251 g/mol. The van der Waals surface area contributed by atoms with Gasteiger partial charge in [0, 0.05) is 6.42 Å². The molecule has 90 valence electrons. The normalized spacial score (nSPS) is 15.2. The topological polar surface area (TPSA) is 54.9 Å². The van der Waals surface area contributed by atoms with E-state index in [1.807, 2.05) is 0 Å². The second kappa shape index (κ2) is 5.77. The van der Waals surface area contributed by atoms with Gasteiger partial charge in [-0.25, -0.2) is 0 Å². The zero-order valence-corrected chi connectivity index (χ0v) is 10.2. The Morgan fingerprint density at radius 1 is 1.35 bits per heavy atom. The van der Waals surface area contributed by atoms with Crippen LogP contribution in [-0.4, -0.2) is 16.1 Å². The highest BCUT2D eigenvalue weighted by Crippen LogP contribution is 2.20. The molecule has 0 aliphatic heterocycles. The molecule has 0 fully saturated rings. The van der Waals surface area contributed by atoms with Crippen molar-refractivity contribution in [3.8, 4) is 0 Å². The van der Waals surface area contributed by atoms with Gasteiger partial charge in [0.15, 0.2) is 11.0 Å². The Morgan fingerprint density at radius 3 is 2.88 bits per heavy atom. The lowest BCUT2D eigenvalue weighted by Crippen LogP contribution is -2.14. The van der Waals surface area contributed by atoms with E-state index >= 15 is 0 Å². The highest BCUT2D eigenvalue weighted by molar-refractivity contribution is 6.29. The maximum Gasteiger partial charge on any atom is 0.229 e. The predicted molar refractivity (Wildman–Crippen MR) is 66.8 cm³/mol. The van der Waals surface area contributed by atoms with E-state index in [0.29, 0.717) is 17.4 Å². The lowest BCUT2D eigenvalue weighted by molar-refractivity contribution is -0.115. The Labute approximate surface area is 105 Å². The number of halogens is 1. The van der Waals surface area contributed by atoms with Crippen molar-refractivity contribution < 1.29 is 4.79 Å². The number of hydrogen-bond acceptors (Lipinski definition) is 3. The zero-order valence-electron chi connectivity index (χ0n) is 9.45. The Hall–Kier alpha value is -1.42.